The first-order valence-corrected chi connectivity index (χ1v) is 6.08. The molecule has 0 saturated heterocycles. The number of carbonyl (C=O) groups excluding carboxylic acids is 1. The molecule has 0 radical (unpaired) electrons. The van der Waals surface area contributed by atoms with Crippen LogP contribution in [0.15, 0.2) is 18.2 Å². The molecule has 0 saturated carbocycles. The van der Waals surface area contributed by atoms with E-state index in [0.717, 1.165) is 6.07 Å². The van der Waals surface area contributed by atoms with E-state index in [2.05, 4.69) is 5.32 Å². The number of hydrogen-bond donors (Lipinski definition) is 2. The fraction of sp³-hybridized carbons (Fsp3) is 0.462. The van der Waals surface area contributed by atoms with E-state index >= 15 is 0 Å². The molecule has 0 fully saturated rings. The topological polar surface area (TPSA) is 52.6 Å². The Labute approximate surface area is 115 Å². The minimum absolute atomic E-state index is 0.0963. The predicted octanol–water partition coefficient (Wildman–Crippen LogP) is 1.77. The molecule has 1 amide bonds. The van der Waals surface area contributed by atoms with Gasteiger partial charge in [-0.3, -0.25) is 4.79 Å². The van der Waals surface area contributed by atoms with Gasteiger partial charge in [-0.1, -0.05) is 6.07 Å². The van der Waals surface area contributed by atoms with Crippen LogP contribution in [-0.4, -0.2) is 31.2 Å². The maximum atomic E-state index is 13.0. The fourth-order valence-electron chi connectivity index (χ4n) is 1.80. The molecule has 0 bridgehead atoms. The zero-order valence-corrected chi connectivity index (χ0v) is 11.3. The van der Waals surface area contributed by atoms with Crippen molar-refractivity contribution in [3.8, 4) is 0 Å². The van der Waals surface area contributed by atoms with Crippen molar-refractivity contribution in [1.29, 1.82) is 0 Å². The molecule has 1 aromatic carbocycles. The standard InChI is InChI=1S/C13H17F3N2O2/c1-3-17-12(20)7-18(2)11-5-4-9(8-19)6-10(11)13(14,15)16/h4-6,19H,3,7-8H2,1-2H3,(H,17,20). The highest BCUT2D eigenvalue weighted by molar-refractivity contribution is 5.81. The largest absolute Gasteiger partial charge is 0.418 e. The number of nitrogens with zero attached hydrogens (tertiary/aromatic N) is 1. The van der Waals surface area contributed by atoms with Gasteiger partial charge in [0.2, 0.25) is 5.91 Å². The molecule has 1 rings (SSSR count). The Bertz CT molecular complexity index is 475. The Balaban J connectivity index is 3.07. The van der Waals surface area contributed by atoms with Gasteiger partial charge in [-0.05, 0) is 24.6 Å². The van der Waals surface area contributed by atoms with E-state index in [-0.39, 0.29) is 23.7 Å². The molecule has 0 aliphatic heterocycles. The Morgan fingerprint density at radius 2 is 2.05 bits per heavy atom. The van der Waals surface area contributed by atoms with E-state index in [0.29, 0.717) is 6.54 Å². The lowest BCUT2D eigenvalue weighted by molar-refractivity contribution is -0.137. The number of carbonyl (C=O) groups is 1. The van der Waals surface area contributed by atoms with Gasteiger partial charge in [-0.2, -0.15) is 13.2 Å². The summed E-state index contributed by atoms with van der Waals surface area (Å²) >= 11 is 0. The summed E-state index contributed by atoms with van der Waals surface area (Å²) in [5, 5.41) is 11.5. The summed E-state index contributed by atoms with van der Waals surface area (Å²) < 4.78 is 39.0. The predicted molar refractivity (Wildman–Crippen MR) is 69.3 cm³/mol. The van der Waals surface area contributed by atoms with Crippen molar-refractivity contribution >= 4 is 11.6 Å². The zero-order valence-electron chi connectivity index (χ0n) is 11.3. The van der Waals surface area contributed by atoms with Crippen molar-refractivity contribution in [2.45, 2.75) is 19.7 Å². The lowest BCUT2D eigenvalue weighted by atomic mass is 10.1. The van der Waals surface area contributed by atoms with Crippen molar-refractivity contribution < 1.29 is 23.1 Å². The summed E-state index contributed by atoms with van der Waals surface area (Å²) in [4.78, 5) is 12.7. The summed E-state index contributed by atoms with van der Waals surface area (Å²) in [5.74, 6) is -0.352. The molecule has 0 aliphatic carbocycles. The van der Waals surface area contributed by atoms with Crippen LogP contribution in [0.3, 0.4) is 0 Å². The van der Waals surface area contributed by atoms with Gasteiger partial charge in [0.25, 0.3) is 0 Å². The summed E-state index contributed by atoms with van der Waals surface area (Å²) in [7, 11) is 1.42. The molecule has 0 spiro atoms. The molecule has 0 aromatic heterocycles. The highest BCUT2D eigenvalue weighted by Gasteiger charge is 2.34. The van der Waals surface area contributed by atoms with Crippen LogP contribution in [0.2, 0.25) is 0 Å². The summed E-state index contributed by atoms with van der Waals surface area (Å²) in [6.45, 7) is 1.51. The van der Waals surface area contributed by atoms with Crippen molar-refractivity contribution in [2.24, 2.45) is 0 Å². The van der Waals surface area contributed by atoms with Crippen molar-refractivity contribution in [3.63, 3.8) is 0 Å². The average molecular weight is 290 g/mol. The van der Waals surface area contributed by atoms with Crippen LogP contribution in [-0.2, 0) is 17.6 Å². The molecule has 0 heterocycles. The first-order chi connectivity index (χ1) is 9.29. The minimum Gasteiger partial charge on any atom is -0.392 e. The number of rotatable bonds is 5. The average Bonchev–Trinajstić information content (AvgIpc) is 2.37. The second-order valence-corrected chi connectivity index (χ2v) is 4.32. The molecule has 112 valence electrons. The van der Waals surface area contributed by atoms with Crippen LogP contribution < -0.4 is 10.2 Å². The van der Waals surface area contributed by atoms with E-state index < -0.39 is 18.3 Å². The van der Waals surface area contributed by atoms with Crippen LogP contribution in [0, 0.1) is 0 Å². The van der Waals surface area contributed by atoms with Gasteiger partial charge in [0.1, 0.15) is 0 Å². The lowest BCUT2D eigenvalue weighted by Gasteiger charge is -2.23. The number of aliphatic hydroxyl groups is 1. The third-order valence-electron chi connectivity index (χ3n) is 2.71. The van der Waals surface area contributed by atoms with Crippen molar-refractivity contribution in [3.05, 3.63) is 29.3 Å². The van der Waals surface area contributed by atoms with Crippen LogP contribution in [0.5, 0.6) is 0 Å². The Morgan fingerprint density at radius 1 is 1.40 bits per heavy atom. The molecule has 4 nitrogen and oxygen atoms in total. The quantitative estimate of drug-likeness (QED) is 0.869. The molecule has 7 heteroatoms. The van der Waals surface area contributed by atoms with E-state index in [4.69, 9.17) is 5.11 Å². The first kappa shape index (κ1) is 16.3. The number of benzene rings is 1. The Hall–Kier alpha value is -1.76. The van der Waals surface area contributed by atoms with Gasteiger partial charge >= 0.3 is 6.18 Å². The van der Waals surface area contributed by atoms with Gasteiger partial charge in [0.05, 0.1) is 18.7 Å². The van der Waals surface area contributed by atoms with Crippen LogP contribution in [0.4, 0.5) is 18.9 Å². The van der Waals surface area contributed by atoms with E-state index in [9.17, 15) is 18.0 Å². The van der Waals surface area contributed by atoms with Gasteiger partial charge < -0.3 is 15.3 Å². The van der Waals surface area contributed by atoms with E-state index in [1.54, 1.807) is 6.92 Å². The summed E-state index contributed by atoms with van der Waals surface area (Å²) in [6, 6.07) is 3.55. The lowest BCUT2D eigenvalue weighted by Crippen LogP contribution is -2.35. The molecule has 20 heavy (non-hydrogen) atoms. The van der Waals surface area contributed by atoms with Gasteiger partial charge in [-0.25, -0.2) is 0 Å². The molecular formula is C13H17F3N2O2. The monoisotopic (exact) mass is 290 g/mol. The van der Waals surface area contributed by atoms with Crippen LogP contribution >= 0.6 is 0 Å². The highest BCUT2D eigenvalue weighted by Crippen LogP contribution is 2.36. The summed E-state index contributed by atoms with van der Waals surface area (Å²) in [5.41, 5.74) is -0.788. The van der Waals surface area contributed by atoms with Crippen LogP contribution in [0.25, 0.3) is 0 Å². The molecule has 2 N–H and O–H groups in total. The number of nitrogens with one attached hydrogen (secondary N) is 1. The maximum Gasteiger partial charge on any atom is 0.418 e. The molecule has 1 aromatic rings. The van der Waals surface area contributed by atoms with Gasteiger partial charge in [0.15, 0.2) is 0 Å². The summed E-state index contributed by atoms with van der Waals surface area (Å²) in [6.07, 6.45) is -4.55. The normalized spacial score (nSPS) is 11.3. The number of alkyl halides is 3. The SMILES string of the molecule is CCNC(=O)CN(C)c1ccc(CO)cc1C(F)(F)F. The third-order valence-corrected chi connectivity index (χ3v) is 2.71. The number of aliphatic hydroxyl groups excluding tert-OH is 1. The van der Waals surface area contributed by atoms with Crippen LogP contribution in [0.1, 0.15) is 18.1 Å². The van der Waals surface area contributed by atoms with Gasteiger partial charge in [0, 0.05) is 19.3 Å². The maximum absolute atomic E-state index is 13.0. The van der Waals surface area contributed by atoms with Crippen molar-refractivity contribution in [1.82, 2.24) is 5.32 Å². The second-order valence-electron chi connectivity index (χ2n) is 4.32. The second kappa shape index (κ2) is 6.60. The highest BCUT2D eigenvalue weighted by atomic mass is 19.4. The number of likely N-dealkylation sites (N-methyl/N-ethyl adjacent to an activating group) is 2. The number of hydrogen-bond acceptors (Lipinski definition) is 3. The molecule has 0 atom stereocenters. The van der Waals surface area contributed by atoms with Crippen molar-refractivity contribution in [2.75, 3.05) is 25.0 Å². The Kier molecular flexibility index (Phi) is 5.38. The minimum atomic E-state index is -4.55. The molecule has 0 unspecified atom stereocenters. The third kappa shape index (κ3) is 4.12. The molecular weight excluding hydrogens is 273 g/mol. The molecule has 0 aliphatic rings. The number of halogens is 3. The fourth-order valence-corrected chi connectivity index (χ4v) is 1.80. The number of amides is 1. The first-order valence-electron chi connectivity index (χ1n) is 6.08. The number of anilines is 1. The van der Waals surface area contributed by atoms with E-state index in [1.807, 2.05) is 0 Å². The Morgan fingerprint density at radius 3 is 2.55 bits per heavy atom. The van der Waals surface area contributed by atoms with Gasteiger partial charge in [-0.15, -0.1) is 0 Å². The van der Waals surface area contributed by atoms with E-state index in [1.165, 1.54) is 24.1 Å². The smallest absolute Gasteiger partial charge is 0.392 e. The zero-order chi connectivity index (χ0) is 15.3.